The van der Waals surface area contributed by atoms with Gasteiger partial charge in [0.2, 0.25) is 0 Å². The van der Waals surface area contributed by atoms with Crippen molar-refractivity contribution in [2.45, 2.75) is 19.9 Å². The summed E-state index contributed by atoms with van der Waals surface area (Å²) in [5.41, 5.74) is 1.38. The fourth-order valence-electron chi connectivity index (χ4n) is 2.27. The van der Waals surface area contributed by atoms with Gasteiger partial charge in [0, 0.05) is 23.9 Å². The molecule has 0 amide bonds. The number of nitrogens with zero attached hydrogens (tertiary/aromatic N) is 5. The summed E-state index contributed by atoms with van der Waals surface area (Å²) in [7, 11) is 0. The van der Waals surface area contributed by atoms with Crippen LogP contribution in [0.25, 0.3) is 22.3 Å². The molecule has 0 fully saturated rings. The van der Waals surface area contributed by atoms with Crippen molar-refractivity contribution in [1.82, 2.24) is 19.7 Å². The van der Waals surface area contributed by atoms with Crippen molar-refractivity contribution in [2.75, 3.05) is 0 Å². The zero-order valence-electron chi connectivity index (χ0n) is 12.0. The zero-order chi connectivity index (χ0) is 15.9. The fourth-order valence-corrected chi connectivity index (χ4v) is 2.27. The zero-order valence-corrected chi connectivity index (χ0v) is 12.0. The minimum Gasteiger partial charge on any atom is -0.502 e. The number of aromatic nitrogens is 4. The molecule has 0 spiro atoms. The van der Waals surface area contributed by atoms with E-state index in [0.29, 0.717) is 22.3 Å². The second-order valence-corrected chi connectivity index (χ2v) is 5.11. The molecule has 0 saturated carbocycles. The molecular formula is C14H13N5O3. The summed E-state index contributed by atoms with van der Waals surface area (Å²) in [6, 6.07) is 4.26. The van der Waals surface area contributed by atoms with E-state index in [9.17, 15) is 15.2 Å². The summed E-state index contributed by atoms with van der Waals surface area (Å²) in [5, 5.41) is 25.7. The lowest BCUT2D eigenvalue weighted by Gasteiger charge is -2.05. The summed E-state index contributed by atoms with van der Waals surface area (Å²) in [6.45, 7) is 3.94. The maximum Gasteiger partial charge on any atom is 0.311 e. The van der Waals surface area contributed by atoms with E-state index in [4.69, 9.17) is 0 Å². The first-order chi connectivity index (χ1) is 10.5. The number of phenols is 1. The predicted molar refractivity (Wildman–Crippen MR) is 79.5 cm³/mol. The molecule has 3 aromatic rings. The Morgan fingerprint density at radius 2 is 2.14 bits per heavy atom. The van der Waals surface area contributed by atoms with Gasteiger partial charge in [0.1, 0.15) is 12.0 Å². The van der Waals surface area contributed by atoms with Crippen LogP contribution in [0.1, 0.15) is 19.9 Å². The molecule has 2 aromatic heterocycles. The van der Waals surface area contributed by atoms with Crippen LogP contribution < -0.4 is 0 Å². The molecule has 0 aliphatic rings. The first kappa shape index (κ1) is 13.9. The molecule has 3 rings (SSSR count). The van der Waals surface area contributed by atoms with E-state index >= 15 is 0 Å². The topological polar surface area (TPSA) is 107 Å². The predicted octanol–water partition coefficient (Wildman–Crippen LogP) is 2.69. The first-order valence-corrected chi connectivity index (χ1v) is 6.65. The largest absolute Gasteiger partial charge is 0.502 e. The number of nitro groups is 1. The summed E-state index contributed by atoms with van der Waals surface area (Å²) in [6.07, 6.45) is 3.06. The highest BCUT2D eigenvalue weighted by atomic mass is 16.6. The Hall–Kier alpha value is -3.03. The second-order valence-electron chi connectivity index (χ2n) is 5.11. The van der Waals surface area contributed by atoms with Crippen LogP contribution in [0.5, 0.6) is 5.75 Å². The number of benzene rings is 1. The molecule has 8 nitrogen and oxygen atoms in total. The third-order valence-corrected chi connectivity index (χ3v) is 3.31. The number of aromatic hydroxyl groups is 1. The molecule has 0 radical (unpaired) electrons. The number of hydrogen-bond donors (Lipinski definition) is 1. The molecule has 22 heavy (non-hydrogen) atoms. The van der Waals surface area contributed by atoms with Gasteiger partial charge in [-0.05, 0) is 26.0 Å². The molecule has 0 bridgehead atoms. The standard InChI is InChI=1S/C14H13N5O3/c1-8(2)18-14-10(6-15-7-16-14)13(17-18)9-3-4-12(20)11(5-9)19(21)22/h3-8,20H,1-2H3. The number of nitro benzene ring substituents is 1. The average molecular weight is 299 g/mol. The van der Waals surface area contributed by atoms with Gasteiger partial charge in [-0.25, -0.2) is 14.6 Å². The highest BCUT2D eigenvalue weighted by Gasteiger charge is 2.19. The van der Waals surface area contributed by atoms with Crippen molar-refractivity contribution in [1.29, 1.82) is 0 Å². The van der Waals surface area contributed by atoms with Gasteiger partial charge in [0.25, 0.3) is 0 Å². The molecule has 2 heterocycles. The van der Waals surface area contributed by atoms with Gasteiger partial charge in [-0.1, -0.05) is 0 Å². The number of phenolic OH excluding ortho intramolecular Hbond substituents is 1. The van der Waals surface area contributed by atoms with Crippen molar-refractivity contribution in [3.8, 4) is 17.0 Å². The van der Waals surface area contributed by atoms with Crippen molar-refractivity contribution in [3.05, 3.63) is 40.8 Å². The number of rotatable bonds is 3. The monoisotopic (exact) mass is 299 g/mol. The Kier molecular flexibility index (Phi) is 3.21. The lowest BCUT2D eigenvalue weighted by molar-refractivity contribution is -0.385. The minimum absolute atomic E-state index is 0.0817. The van der Waals surface area contributed by atoms with Gasteiger partial charge < -0.3 is 5.11 Å². The van der Waals surface area contributed by atoms with Crippen LogP contribution in [0, 0.1) is 10.1 Å². The molecule has 0 aliphatic carbocycles. The Bertz CT molecular complexity index is 872. The maximum absolute atomic E-state index is 11.0. The van der Waals surface area contributed by atoms with Gasteiger partial charge in [-0.15, -0.1) is 0 Å². The lowest BCUT2D eigenvalue weighted by Crippen LogP contribution is -2.03. The Balaban J connectivity index is 2.27. The number of fused-ring (bicyclic) bond motifs is 1. The first-order valence-electron chi connectivity index (χ1n) is 6.65. The molecule has 1 aromatic carbocycles. The third-order valence-electron chi connectivity index (χ3n) is 3.31. The van der Waals surface area contributed by atoms with E-state index in [-0.39, 0.29) is 17.5 Å². The van der Waals surface area contributed by atoms with E-state index in [0.717, 1.165) is 0 Å². The Labute approximate surface area is 125 Å². The van der Waals surface area contributed by atoms with E-state index in [1.54, 1.807) is 16.9 Å². The highest BCUT2D eigenvalue weighted by molar-refractivity contribution is 5.91. The van der Waals surface area contributed by atoms with Gasteiger partial charge in [-0.3, -0.25) is 10.1 Å². The lowest BCUT2D eigenvalue weighted by atomic mass is 10.1. The summed E-state index contributed by atoms with van der Waals surface area (Å²) < 4.78 is 1.74. The van der Waals surface area contributed by atoms with Crippen molar-refractivity contribution in [3.63, 3.8) is 0 Å². The molecule has 0 aliphatic heterocycles. The van der Waals surface area contributed by atoms with E-state index in [2.05, 4.69) is 15.1 Å². The van der Waals surface area contributed by atoms with Crippen LogP contribution in [0.15, 0.2) is 30.7 Å². The summed E-state index contributed by atoms with van der Waals surface area (Å²) in [5.74, 6) is -0.377. The molecule has 0 atom stereocenters. The SMILES string of the molecule is CC(C)n1nc(-c2ccc(O)c([N+](=O)[O-])c2)c2cncnc21. The van der Waals surface area contributed by atoms with E-state index in [1.807, 2.05) is 13.8 Å². The molecule has 112 valence electrons. The normalized spacial score (nSPS) is 11.2. The van der Waals surface area contributed by atoms with Crippen LogP contribution in [0.3, 0.4) is 0 Å². The summed E-state index contributed by atoms with van der Waals surface area (Å²) in [4.78, 5) is 18.6. The third kappa shape index (κ3) is 2.14. The van der Waals surface area contributed by atoms with E-state index in [1.165, 1.54) is 18.5 Å². The Morgan fingerprint density at radius 3 is 2.82 bits per heavy atom. The molecule has 8 heteroatoms. The second kappa shape index (κ2) is 5.06. The molecular weight excluding hydrogens is 286 g/mol. The smallest absolute Gasteiger partial charge is 0.311 e. The molecule has 0 unspecified atom stereocenters. The van der Waals surface area contributed by atoms with Crippen molar-refractivity contribution >= 4 is 16.7 Å². The highest BCUT2D eigenvalue weighted by Crippen LogP contribution is 2.34. The quantitative estimate of drug-likeness (QED) is 0.588. The number of hydrogen-bond acceptors (Lipinski definition) is 6. The molecule has 0 saturated heterocycles. The van der Waals surface area contributed by atoms with Crippen LogP contribution in [-0.2, 0) is 0 Å². The van der Waals surface area contributed by atoms with Crippen LogP contribution in [0.2, 0.25) is 0 Å². The van der Waals surface area contributed by atoms with Crippen molar-refractivity contribution < 1.29 is 10.0 Å². The van der Waals surface area contributed by atoms with E-state index < -0.39 is 4.92 Å². The van der Waals surface area contributed by atoms with Gasteiger partial charge >= 0.3 is 5.69 Å². The molecule has 1 N–H and O–H groups in total. The van der Waals surface area contributed by atoms with Crippen LogP contribution in [0.4, 0.5) is 5.69 Å². The maximum atomic E-state index is 11.0. The fraction of sp³-hybridized carbons (Fsp3) is 0.214. The van der Waals surface area contributed by atoms with Gasteiger partial charge in [-0.2, -0.15) is 5.10 Å². The van der Waals surface area contributed by atoms with Crippen molar-refractivity contribution in [2.24, 2.45) is 0 Å². The Morgan fingerprint density at radius 1 is 1.36 bits per heavy atom. The summed E-state index contributed by atoms with van der Waals surface area (Å²) >= 11 is 0. The average Bonchev–Trinajstić information content (AvgIpc) is 2.87. The van der Waals surface area contributed by atoms with Crippen LogP contribution >= 0.6 is 0 Å². The van der Waals surface area contributed by atoms with Gasteiger partial charge in [0.05, 0.1) is 10.3 Å². The van der Waals surface area contributed by atoms with Crippen LogP contribution in [-0.4, -0.2) is 29.8 Å². The van der Waals surface area contributed by atoms with Gasteiger partial charge in [0.15, 0.2) is 11.4 Å². The minimum atomic E-state index is -0.628.